The second-order valence-corrected chi connectivity index (χ2v) is 8.25. The summed E-state index contributed by atoms with van der Waals surface area (Å²) in [5, 5.41) is 0. The van der Waals surface area contributed by atoms with Crippen molar-refractivity contribution in [2.24, 2.45) is 5.92 Å². The lowest BCUT2D eigenvalue weighted by molar-refractivity contribution is -0.131. The highest BCUT2D eigenvalue weighted by atomic mass is 16.2. The summed E-state index contributed by atoms with van der Waals surface area (Å²) in [6, 6.07) is 12.7. The van der Waals surface area contributed by atoms with E-state index < -0.39 is 0 Å². The molecular weight excluding hydrogens is 358 g/mol. The summed E-state index contributed by atoms with van der Waals surface area (Å²) in [4.78, 5) is 21.4. The number of pyridine rings is 1. The zero-order chi connectivity index (χ0) is 20.5. The van der Waals surface area contributed by atoms with Crippen molar-refractivity contribution in [3.8, 4) is 0 Å². The molecule has 1 aromatic carbocycles. The average Bonchev–Trinajstić information content (AvgIpc) is 2.77. The van der Waals surface area contributed by atoms with E-state index in [4.69, 9.17) is 0 Å². The number of benzene rings is 1. The van der Waals surface area contributed by atoms with Gasteiger partial charge in [0.1, 0.15) is 0 Å². The minimum atomic E-state index is 0.284. The van der Waals surface area contributed by atoms with Crippen LogP contribution in [0.15, 0.2) is 48.8 Å². The minimum absolute atomic E-state index is 0.284. The van der Waals surface area contributed by atoms with Crippen molar-refractivity contribution >= 4 is 5.91 Å². The van der Waals surface area contributed by atoms with Gasteiger partial charge in [-0.2, -0.15) is 0 Å². The molecule has 0 radical (unpaired) electrons. The molecule has 2 aromatic rings. The number of hydrogen-bond donors (Lipinski definition) is 0. The predicted octanol–water partition coefficient (Wildman–Crippen LogP) is 4.13. The third kappa shape index (κ3) is 6.67. The van der Waals surface area contributed by atoms with Gasteiger partial charge in [-0.25, -0.2) is 0 Å². The second-order valence-electron chi connectivity index (χ2n) is 8.25. The van der Waals surface area contributed by atoms with E-state index in [-0.39, 0.29) is 5.91 Å². The highest BCUT2D eigenvalue weighted by Crippen LogP contribution is 2.20. The Balaban J connectivity index is 1.39. The molecule has 3 rings (SSSR count). The highest BCUT2D eigenvalue weighted by Gasteiger charge is 2.23. The molecular formula is C25H35N3O. The van der Waals surface area contributed by atoms with E-state index in [9.17, 15) is 4.79 Å². The van der Waals surface area contributed by atoms with E-state index in [1.54, 1.807) is 12.4 Å². The lowest BCUT2D eigenvalue weighted by Crippen LogP contribution is -2.41. The number of likely N-dealkylation sites (tertiary alicyclic amines) is 1. The van der Waals surface area contributed by atoms with Gasteiger partial charge in [0, 0.05) is 38.4 Å². The topological polar surface area (TPSA) is 36.4 Å². The van der Waals surface area contributed by atoms with Crippen molar-refractivity contribution in [1.82, 2.24) is 14.8 Å². The van der Waals surface area contributed by atoms with Crippen LogP contribution in [-0.4, -0.2) is 53.4 Å². The van der Waals surface area contributed by atoms with Crippen LogP contribution < -0.4 is 0 Å². The SMILES string of the molecule is CCN(CC1CCN(CCc2ccccc2C)CC1)C(=O)CCc1ccncc1. The third-order valence-corrected chi connectivity index (χ3v) is 6.26. The molecule has 0 spiro atoms. The zero-order valence-electron chi connectivity index (χ0n) is 18.0. The average molecular weight is 394 g/mol. The van der Waals surface area contributed by atoms with Crippen molar-refractivity contribution in [3.05, 3.63) is 65.5 Å². The quantitative estimate of drug-likeness (QED) is 0.643. The van der Waals surface area contributed by atoms with E-state index in [0.29, 0.717) is 12.3 Å². The van der Waals surface area contributed by atoms with Gasteiger partial charge in [-0.15, -0.1) is 0 Å². The number of piperidine rings is 1. The number of carbonyl (C=O) groups is 1. The molecule has 0 atom stereocenters. The molecule has 1 fully saturated rings. The van der Waals surface area contributed by atoms with E-state index in [0.717, 1.165) is 45.6 Å². The van der Waals surface area contributed by atoms with Crippen molar-refractivity contribution in [2.45, 2.75) is 46.0 Å². The molecule has 29 heavy (non-hydrogen) atoms. The number of nitrogens with zero attached hydrogens (tertiary/aromatic N) is 3. The molecule has 1 aliphatic rings. The van der Waals surface area contributed by atoms with E-state index in [1.165, 1.54) is 29.5 Å². The molecule has 0 aliphatic carbocycles. The number of aryl methyl sites for hydroxylation is 2. The fourth-order valence-corrected chi connectivity index (χ4v) is 4.24. The Hall–Kier alpha value is -2.20. The summed E-state index contributed by atoms with van der Waals surface area (Å²) in [6.45, 7) is 9.47. The molecule has 4 heteroatoms. The summed E-state index contributed by atoms with van der Waals surface area (Å²) in [6.07, 6.45) is 8.51. The first kappa shape index (κ1) is 21.5. The first-order valence-electron chi connectivity index (χ1n) is 11.1. The molecule has 0 unspecified atom stereocenters. The van der Waals surface area contributed by atoms with Crippen LogP contribution in [0.25, 0.3) is 0 Å². The van der Waals surface area contributed by atoms with Crippen molar-refractivity contribution in [2.75, 3.05) is 32.7 Å². The Kier molecular flexibility index (Phi) is 8.24. The van der Waals surface area contributed by atoms with Gasteiger partial charge < -0.3 is 9.80 Å². The molecule has 0 bridgehead atoms. The third-order valence-electron chi connectivity index (χ3n) is 6.26. The first-order valence-corrected chi connectivity index (χ1v) is 11.1. The molecule has 156 valence electrons. The Morgan fingerprint density at radius 3 is 2.52 bits per heavy atom. The normalized spacial score (nSPS) is 15.4. The lowest BCUT2D eigenvalue weighted by atomic mass is 9.95. The molecule has 1 amide bonds. The van der Waals surface area contributed by atoms with Gasteiger partial charge in [0.2, 0.25) is 5.91 Å². The van der Waals surface area contributed by atoms with Crippen LogP contribution in [0.4, 0.5) is 0 Å². The Morgan fingerprint density at radius 1 is 1.10 bits per heavy atom. The standard InChI is InChI=1S/C25H35N3O/c1-3-28(25(29)9-8-22-10-15-26-16-11-22)20-23-12-17-27(18-13-23)19-14-24-7-5-4-6-21(24)2/h4-7,10-11,15-16,23H,3,8-9,12-14,17-20H2,1-2H3. The Bertz CT molecular complexity index is 754. The van der Waals surface area contributed by atoms with E-state index >= 15 is 0 Å². The number of aromatic nitrogens is 1. The Morgan fingerprint density at radius 2 is 1.83 bits per heavy atom. The van der Waals surface area contributed by atoms with Crippen LogP contribution in [0.1, 0.15) is 42.9 Å². The molecule has 2 heterocycles. The summed E-state index contributed by atoms with van der Waals surface area (Å²) in [7, 11) is 0. The lowest BCUT2D eigenvalue weighted by Gasteiger charge is -2.34. The molecule has 1 aromatic heterocycles. The predicted molar refractivity (Wildman–Crippen MR) is 119 cm³/mol. The summed E-state index contributed by atoms with van der Waals surface area (Å²) in [5.74, 6) is 0.917. The highest BCUT2D eigenvalue weighted by molar-refractivity contribution is 5.76. The van der Waals surface area contributed by atoms with Crippen LogP contribution in [0.2, 0.25) is 0 Å². The van der Waals surface area contributed by atoms with Crippen LogP contribution in [0.3, 0.4) is 0 Å². The van der Waals surface area contributed by atoms with Crippen molar-refractivity contribution in [3.63, 3.8) is 0 Å². The minimum Gasteiger partial charge on any atom is -0.343 e. The number of hydrogen-bond acceptors (Lipinski definition) is 3. The van der Waals surface area contributed by atoms with Crippen LogP contribution >= 0.6 is 0 Å². The summed E-state index contributed by atoms with van der Waals surface area (Å²) in [5.41, 5.74) is 4.05. The summed E-state index contributed by atoms with van der Waals surface area (Å²) >= 11 is 0. The zero-order valence-corrected chi connectivity index (χ0v) is 18.0. The van der Waals surface area contributed by atoms with Crippen molar-refractivity contribution < 1.29 is 4.79 Å². The number of rotatable bonds is 9. The van der Waals surface area contributed by atoms with Gasteiger partial charge >= 0.3 is 0 Å². The van der Waals surface area contributed by atoms with Gasteiger partial charge in [0.25, 0.3) is 0 Å². The molecule has 0 saturated carbocycles. The van der Waals surface area contributed by atoms with Gasteiger partial charge in [0.05, 0.1) is 0 Å². The molecule has 0 N–H and O–H groups in total. The van der Waals surface area contributed by atoms with Crippen LogP contribution in [-0.2, 0) is 17.6 Å². The smallest absolute Gasteiger partial charge is 0.222 e. The number of amides is 1. The first-order chi connectivity index (χ1) is 14.2. The Labute approximate surface area is 175 Å². The maximum absolute atomic E-state index is 12.7. The number of carbonyl (C=O) groups excluding carboxylic acids is 1. The molecule has 4 nitrogen and oxygen atoms in total. The maximum atomic E-state index is 12.7. The van der Waals surface area contributed by atoms with Crippen LogP contribution in [0, 0.1) is 12.8 Å². The fraction of sp³-hybridized carbons (Fsp3) is 0.520. The van der Waals surface area contributed by atoms with E-state index in [2.05, 4.69) is 52.9 Å². The molecule has 1 saturated heterocycles. The maximum Gasteiger partial charge on any atom is 0.222 e. The second kappa shape index (κ2) is 11.1. The monoisotopic (exact) mass is 393 g/mol. The van der Waals surface area contributed by atoms with Gasteiger partial charge in [-0.3, -0.25) is 9.78 Å². The van der Waals surface area contributed by atoms with Gasteiger partial charge in [-0.1, -0.05) is 24.3 Å². The van der Waals surface area contributed by atoms with Crippen LogP contribution in [0.5, 0.6) is 0 Å². The summed E-state index contributed by atoms with van der Waals surface area (Å²) < 4.78 is 0. The van der Waals surface area contributed by atoms with Gasteiger partial charge in [-0.05, 0) is 87.4 Å². The van der Waals surface area contributed by atoms with Crippen molar-refractivity contribution in [1.29, 1.82) is 0 Å². The largest absolute Gasteiger partial charge is 0.343 e. The van der Waals surface area contributed by atoms with E-state index in [1.807, 2.05) is 12.1 Å². The van der Waals surface area contributed by atoms with Gasteiger partial charge in [0.15, 0.2) is 0 Å². The molecule has 1 aliphatic heterocycles. The fourth-order valence-electron chi connectivity index (χ4n) is 4.24.